The van der Waals surface area contributed by atoms with Crippen LogP contribution in [0.4, 0.5) is 0 Å². The molecular formula is C16H23NO2. The van der Waals surface area contributed by atoms with E-state index in [1.807, 2.05) is 29.2 Å². The van der Waals surface area contributed by atoms with Gasteiger partial charge in [0.25, 0.3) is 5.91 Å². The van der Waals surface area contributed by atoms with Crippen LogP contribution in [0.15, 0.2) is 24.3 Å². The van der Waals surface area contributed by atoms with E-state index in [-0.39, 0.29) is 5.91 Å². The lowest BCUT2D eigenvalue weighted by molar-refractivity contribution is 0.0747. The smallest absolute Gasteiger partial charge is 0.253 e. The number of methoxy groups -OCH3 is 1. The van der Waals surface area contributed by atoms with E-state index in [1.54, 1.807) is 7.11 Å². The number of carbonyl (C=O) groups excluding carboxylic acids is 1. The maximum atomic E-state index is 12.5. The zero-order valence-electron chi connectivity index (χ0n) is 11.9. The van der Waals surface area contributed by atoms with Gasteiger partial charge in [0.2, 0.25) is 0 Å². The van der Waals surface area contributed by atoms with Crippen molar-refractivity contribution in [3.63, 3.8) is 0 Å². The van der Waals surface area contributed by atoms with Crippen molar-refractivity contribution >= 4 is 5.91 Å². The Balaban J connectivity index is 2.02. The molecule has 0 aliphatic heterocycles. The molecule has 1 saturated carbocycles. The van der Waals surface area contributed by atoms with Crippen LogP contribution < -0.4 is 0 Å². The predicted octanol–water partition coefficient (Wildman–Crippen LogP) is 3.10. The van der Waals surface area contributed by atoms with Gasteiger partial charge in [-0.15, -0.1) is 0 Å². The van der Waals surface area contributed by atoms with E-state index < -0.39 is 0 Å². The van der Waals surface area contributed by atoms with Crippen LogP contribution in [0.2, 0.25) is 0 Å². The molecule has 1 aliphatic carbocycles. The summed E-state index contributed by atoms with van der Waals surface area (Å²) in [5.41, 5.74) is 1.89. The fourth-order valence-corrected chi connectivity index (χ4v) is 2.25. The number of benzene rings is 1. The number of carbonyl (C=O) groups is 1. The lowest BCUT2D eigenvalue weighted by atomic mass is 10.1. The topological polar surface area (TPSA) is 29.5 Å². The molecule has 2 rings (SSSR count). The summed E-state index contributed by atoms with van der Waals surface area (Å²) in [6.45, 7) is 4.49. The standard InChI is InChI=1S/C16H23NO2/c1-3-10-17(11-13-4-5-13)16(18)15-8-6-14(7-9-15)12-19-2/h6-9,13H,3-5,10-12H2,1-2H3. The number of ether oxygens (including phenoxy) is 1. The van der Waals surface area contributed by atoms with Gasteiger partial charge in [-0.25, -0.2) is 0 Å². The van der Waals surface area contributed by atoms with Gasteiger partial charge in [-0.05, 0) is 42.9 Å². The quantitative estimate of drug-likeness (QED) is 0.755. The third-order valence-electron chi connectivity index (χ3n) is 3.47. The Hall–Kier alpha value is -1.35. The number of rotatable bonds is 7. The van der Waals surface area contributed by atoms with Crippen LogP contribution >= 0.6 is 0 Å². The molecule has 1 aliphatic rings. The summed E-state index contributed by atoms with van der Waals surface area (Å²) in [7, 11) is 1.68. The second-order valence-electron chi connectivity index (χ2n) is 5.32. The zero-order valence-corrected chi connectivity index (χ0v) is 11.9. The van der Waals surface area contributed by atoms with Crippen LogP contribution in [-0.4, -0.2) is 31.0 Å². The van der Waals surface area contributed by atoms with E-state index in [2.05, 4.69) is 6.92 Å². The normalized spacial score (nSPS) is 14.4. The van der Waals surface area contributed by atoms with E-state index in [9.17, 15) is 4.79 Å². The minimum atomic E-state index is 0.165. The molecule has 1 aromatic carbocycles. The molecule has 0 spiro atoms. The number of hydrogen-bond donors (Lipinski definition) is 0. The van der Waals surface area contributed by atoms with Crippen LogP contribution in [0.25, 0.3) is 0 Å². The number of hydrogen-bond acceptors (Lipinski definition) is 2. The third-order valence-corrected chi connectivity index (χ3v) is 3.47. The molecule has 1 fully saturated rings. The third kappa shape index (κ3) is 4.06. The van der Waals surface area contributed by atoms with Crippen molar-refractivity contribution in [2.45, 2.75) is 32.8 Å². The fourth-order valence-electron chi connectivity index (χ4n) is 2.25. The molecule has 1 amide bonds. The Morgan fingerprint density at radius 3 is 2.53 bits per heavy atom. The molecule has 104 valence electrons. The number of nitrogens with zero attached hydrogens (tertiary/aromatic N) is 1. The van der Waals surface area contributed by atoms with Crippen LogP contribution in [0.5, 0.6) is 0 Å². The first-order chi connectivity index (χ1) is 9.24. The Morgan fingerprint density at radius 2 is 2.00 bits per heavy atom. The first-order valence-corrected chi connectivity index (χ1v) is 7.11. The first-order valence-electron chi connectivity index (χ1n) is 7.11. The van der Waals surface area contributed by atoms with Gasteiger partial charge in [0.1, 0.15) is 0 Å². The second kappa shape index (κ2) is 6.71. The van der Waals surface area contributed by atoms with Crippen molar-refractivity contribution in [1.29, 1.82) is 0 Å². The van der Waals surface area contributed by atoms with Crippen molar-refractivity contribution in [3.05, 3.63) is 35.4 Å². The summed E-state index contributed by atoms with van der Waals surface area (Å²) in [5, 5.41) is 0. The monoisotopic (exact) mass is 261 g/mol. The van der Waals surface area contributed by atoms with Gasteiger partial charge in [0.15, 0.2) is 0 Å². The van der Waals surface area contributed by atoms with Gasteiger partial charge >= 0.3 is 0 Å². The molecule has 19 heavy (non-hydrogen) atoms. The van der Waals surface area contributed by atoms with Crippen molar-refractivity contribution in [2.24, 2.45) is 5.92 Å². The highest BCUT2D eigenvalue weighted by molar-refractivity contribution is 5.94. The maximum absolute atomic E-state index is 12.5. The van der Waals surface area contributed by atoms with Crippen molar-refractivity contribution in [2.75, 3.05) is 20.2 Å². The highest BCUT2D eigenvalue weighted by atomic mass is 16.5. The largest absolute Gasteiger partial charge is 0.380 e. The van der Waals surface area contributed by atoms with E-state index in [1.165, 1.54) is 12.8 Å². The molecule has 1 aromatic rings. The zero-order chi connectivity index (χ0) is 13.7. The van der Waals surface area contributed by atoms with Gasteiger partial charge < -0.3 is 9.64 Å². The van der Waals surface area contributed by atoms with Crippen LogP contribution in [-0.2, 0) is 11.3 Å². The molecule has 0 unspecified atom stereocenters. The minimum Gasteiger partial charge on any atom is -0.380 e. The van der Waals surface area contributed by atoms with Gasteiger partial charge in [-0.2, -0.15) is 0 Å². The summed E-state index contributed by atoms with van der Waals surface area (Å²) in [6.07, 6.45) is 3.57. The molecule has 0 atom stereocenters. The van der Waals surface area contributed by atoms with E-state index in [4.69, 9.17) is 4.74 Å². The lowest BCUT2D eigenvalue weighted by Gasteiger charge is -2.22. The Kier molecular flexibility index (Phi) is 4.97. The summed E-state index contributed by atoms with van der Waals surface area (Å²) in [5.74, 6) is 0.904. The molecule has 0 heterocycles. The second-order valence-corrected chi connectivity index (χ2v) is 5.32. The van der Waals surface area contributed by atoms with E-state index in [0.29, 0.717) is 6.61 Å². The summed E-state index contributed by atoms with van der Waals surface area (Å²) < 4.78 is 5.08. The molecular weight excluding hydrogens is 238 g/mol. The summed E-state index contributed by atoms with van der Waals surface area (Å²) in [4.78, 5) is 14.5. The van der Waals surface area contributed by atoms with Gasteiger partial charge in [0.05, 0.1) is 6.61 Å². The van der Waals surface area contributed by atoms with Crippen LogP contribution in [0, 0.1) is 5.92 Å². The molecule has 0 radical (unpaired) electrons. The first kappa shape index (κ1) is 14.1. The highest BCUT2D eigenvalue weighted by Gasteiger charge is 2.26. The van der Waals surface area contributed by atoms with Gasteiger partial charge in [-0.3, -0.25) is 4.79 Å². The minimum absolute atomic E-state index is 0.165. The molecule has 0 bridgehead atoms. The van der Waals surface area contributed by atoms with Gasteiger partial charge in [-0.1, -0.05) is 19.1 Å². The average Bonchev–Trinajstić information content (AvgIpc) is 3.23. The molecule has 3 heteroatoms. The fraction of sp³-hybridized carbons (Fsp3) is 0.562. The van der Waals surface area contributed by atoms with Crippen molar-refractivity contribution < 1.29 is 9.53 Å². The SMILES string of the molecule is CCCN(CC1CC1)C(=O)c1ccc(COC)cc1. The van der Waals surface area contributed by atoms with Gasteiger partial charge in [0, 0.05) is 25.8 Å². The molecule has 0 N–H and O–H groups in total. The molecule has 0 saturated heterocycles. The van der Waals surface area contributed by atoms with Crippen molar-refractivity contribution in [3.8, 4) is 0 Å². The highest BCUT2D eigenvalue weighted by Crippen LogP contribution is 2.30. The van der Waals surface area contributed by atoms with Crippen LogP contribution in [0.3, 0.4) is 0 Å². The van der Waals surface area contributed by atoms with E-state index in [0.717, 1.165) is 36.6 Å². The number of amides is 1. The lowest BCUT2D eigenvalue weighted by Crippen LogP contribution is -2.33. The van der Waals surface area contributed by atoms with Crippen LogP contribution in [0.1, 0.15) is 42.1 Å². The Labute approximate surface area is 115 Å². The van der Waals surface area contributed by atoms with E-state index >= 15 is 0 Å². The Bertz CT molecular complexity index is 409. The molecule has 0 aromatic heterocycles. The Morgan fingerprint density at radius 1 is 1.32 bits per heavy atom. The summed E-state index contributed by atoms with van der Waals surface area (Å²) >= 11 is 0. The molecule has 3 nitrogen and oxygen atoms in total. The summed E-state index contributed by atoms with van der Waals surface area (Å²) in [6, 6.07) is 7.76. The maximum Gasteiger partial charge on any atom is 0.253 e. The van der Waals surface area contributed by atoms with Crippen molar-refractivity contribution in [1.82, 2.24) is 4.90 Å². The average molecular weight is 261 g/mol. The predicted molar refractivity (Wildman–Crippen MR) is 76.1 cm³/mol.